The van der Waals surface area contributed by atoms with Crippen LogP contribution in [0.15, 0.2) is 24.3 Å². The summed E-state index contributed by atoms with van der Waals surface area (Å²) in [6, 6.07) is 7.64. The van der Waals surface area contributed by atoms with Crippen LogP contribution in [0.3, 0.4) is 0 Å². The van der Waals surface area contributed by atoms with Crippen LogP contribution in [0.1, 0.15) is 24.5 Å². The molecule has 5 nitrogen and oxygen atoms in total. The SMILES string of the molecule is COC1(C(=O)N2CCOC(c3ccccc3Cl)C2)CCNCC1.Cl. The second kappa shape index (κ2) is 8.50. The molecule has 2 aliphatic heterocycles. The molecule has 0 bridgehead atoms. The van der Waals surface area contributed by atoms with E-state index < -0.39 is 5.60 Å². The van der Waals surface area contributed by atoms with E-state index in [9.17, 15) is 4.79 Å². The molecule has 2 heterocycles. The molecular formula is C17H24Cl2N2O3. The van der Waals surface area contributed by atoms with Crippen LogP contribution in [0.25, 0.3) is 0 Å². The number of rotatable bonds is 3. The maximum absolute atomic E-state index is 13.1. The lowest BCUT2D eigenvalue weighted by Gasteiger charge is -2.41. The van der Waals surface area contributed by atoms with Gasteiger partial charge in [0.05, 0.1) is 13.2 Å². The predicted octanol–water partition coefficient (Wildman–Crippen LogP) is 2.43. The summed E-state index contributed by atoms with van der Waals surface area (Å²) in [5.41, 5.74) is 0.233. The molecule has 0 aromatic heterocycles. The van der Waals surface area contributed by atoms with Crippen LogP contribution in [0.5, 0.6) is 0 Å². The van der Waals surface area contributed by atoms with E-state index in [2.05, 4.69) is 5.32 Å². The Labute approximate surface area is 154 Å². The molecule has 24 heavy (non-hydrogen) atoms. The number of nitrogens with zero attached hydrogens (tertiary/aromatic N) is 1. The summed E-state index contributed by atoms with van der Waals surface area (Å²) in [7, 11) is 1.63. The summed E-state index contributed by atoms with van der Waals surface area (Å²) < 4.78 is 11.5. The fourth-order valence-corrected chi connectivity index (χ4v) is 3.64. The van der Waals surface area contributed by atoms with Crippen molar-refractivity contribution < 1.29 is 14.3 Å². The predicted molar refractivity (Wildman–Crippen MR) is 95.8 cm³/mol. The molecule has 2 aliphatic rings. The van der Waals surface area contributed by atoms with Crippen molar-refractivity contribution in [2.45, 2.75) is 24.5 Å². The van der Waals surface area contributed by atoms with Gasteiger partial charge in [0.1, 0.15) is 11.7 Å². The number of hydrogen-bond acceptors (Lipinski definition) is 4. The first-order valence-electron chi connectivity index (χ1n) is 8.07. The average molecular weight is 375 g/mol. The van der Waals surface area contributed by atoms with Crippen molar-refractivity contribution in [1.82, 2.24) is 10.2 Å². The van der Waals surface area contributed by atoms with Crippen molar-refractivity contribution in [3.05, 3.63) is 34.9 Å². The summed E-state index contributed by atoms with van der Waals surface area (Å²) in [5, 5.41) is 3.96. The minimum atomic E-state index is -0.701. The van der Waals surface area contributed by atoms with Gasteiger partial charge in [0, 0.05) is 24.2 Å². The fraction of sp³-hybridized carbons (Fsp3) is 0.588. The topological polar surface area (TPSA) is 50.8 Å². The monoisotopic (exact) mass is 374 g/mol. The van der Waals surface area contributed by atoms with Gasteiger partial charge >= 0.3 is 0 Å². The minimum Gasteiger partial charge on any atom is -0.370 e. The number of piperidine rings is 1. The Morgan fingerprint density at radius 3 is 2.75 bits per heavy atom. The quantitative estimate of drug-likeness (QED) is 0.882. The number of morpholine rings is 1. The fourth-order valence-electron chi connectivity index (χ4n) is 3.38. The Kier molecular flexibility index (Phi) is 6.89. The Balaban J connectivity index is 0.00000208. The van der Waals surface area contributed by atoms with Gasteiger partial charge in [0.15, 0.2) is 0 Å². The summed E-state index contributed by atoms with van der Waals surface area (Å²) >= 11 is 6.27. The molecule has 1 amide bonds. The first kappa shape index (κ1) is 19.5. The summed E-state index contributed by atoms with van der Waals surface area (Å²) in [6.45, 7) is 3.23. The molecule has 2 fully saturated rings. The maximum atomic E-state index is 13.1. The van der Waals surface area contributed by atoms with E-state index in [1.807, 2.05) is 29.2 Å². The highest BCUT2D eigenvalue weighted by Gasteiger charge is 2.43. The van der Waals surface area contributed by atoms with Crippen LogP contribution in [0.2, 0.25) is 5.02 Å². The van der Waals surface area contributed by atoms with E-state index in [0.717, 1.165) is 18.7 Å². The first-order valence-corrected chi connectivity index (χ1v) is 8.45. The molecule has 0 radical (unpaired) electrons. The third-order valence-corrected chi connectivity index (χ3v) is 5.14. The van der Waals surface area contributed by atoms with Gasteiger partial charge in [-0.3, -0.25) is 4.79 Å². The third kappa shape index (κ3) is 3.86. The average Bonchev–Trinajstić information content (AvgIpc) is 2.62. The summed E-state index contributed by atoms with van der Waals surface area (Å²) in [6.07, 6.45) is 1.23. The summed E-state index contributed by atoms with van der Waals surface area (Å²) in [5.74, 6) is 0.0712. The first-order chi connectivity index (χ1) is 11.2. The van der Waals surface area contributed by atoms with Crippen LogP contribution < -0.4 is 5.32 Å². The molecular weight excluding hydrogens is 351 g/mol. The Bertz CT molecular complexity index is 565. The smallest absolute Gasteiger partial charge is 0.255 e. The van der Waals surface area contributed by atoms with Gasteiger partial charge in [-0.25, -0.2) is 0 Å². The lowest BCUT2D eigenvalue weighted by molar-refractivity contribution is -0.165. The molecule has 3 rings (SSSR count). The zero-order valence-corrected chi connectivity index (χ0v) is 15.4. The van der Waals surface area contributed by atoms with E-state index in [0.29, 0.717) is 37.6 Å². The molecule has 1 atom stereocenters. The van der Waals surface area contributed by atoms with E-state index >= 15 is 0 Å². The normalized spacial score (nSPS) is 23.4. The molecule has 0 saturated carbocycles. The van der Waals surface area contributed by atoms with Gasteiger partial charge in [0.25, 0.3) is 5.91 Å². The molecule has 1 N–H and O–H groups in total. The standard InChI is InChI=1S/C17H23ClN2O3.ClH/c1-22-17(6-8-19-9-7-17)16(21)20-10-11-23-15(12-20)13-4-2-3-5-14(13)18;/h2-5,15,19H,6-12H2,1H3;1H. The van der Waals surface area contributed by atoms with Crippen molar-refractivity contribution in [3.8, 4) is 0 Å². The Morgan fingerprint density at radius 2 is 2.08 bits per heavy atom. The van der Waals surface area contributed by atoms with E-state index in [1.54, 1.807) is 7.11 Å². The lowest BCUT2D eigenvalue weighted by Crippen LogP contribution is -2.57. The number of halogens is 2. The van der Waals surface area contributed by atoms with Gasteiger partial charge in [0.2, 0.25) is 0 Å². The molecule has 2 saturated heterocycles. The number of hydrogen-bond donors (Lipinski definition) is 1. The van der Waals surface area contributed by atoms with Gasteiger partial charge in [-0.05, 0) is 32.0 Å². The van der Waals surface area contributed by atoms with Crippen LogP contribution in [-0.4, -0.2) is 56.3 Å². The molecule has 0 aliphatic carbocycles. The minimum absolute atomic E-state index is 0. The van der Waals surface area contributed by atoms with Crippen LogP contribution in [0.4, 0.5) is 0 Å². The molecule has 1 unspecified atom stereocenters. The zero-order chi connectivity index (χ0) is 16.3. The van der Waals surface area contributed by atoms with E-state index in [4.69, 9.17) is 21.1 Å². The Hall–Kier alpha value is -0.850. The zero-order valence-electron chi connectivity index (χ0n) is 13.8. The number of ether oxygens (including phenoxy) is 2. The highest BCUT2D eigenvalue weighted by atomic mass is 35.5. The van der Waals surface area contributed by atoms with Crippen LogP contribution in [-0.2, 0) is 14.3 Å². The second-order valence-electron chi connectivity index (χ2n) is 6.08. The molecule has 1 aromatic carbocycles. The van der Waals surface area contributed by atoms with Gasteiger partial charge in [-0.2, -0.15) is 0 Å². The number of nitrogens with one attached hydrogen (secondary N) is 1. The lowest BCUT2D eigenvalue weighted by atomic mass is 9.90. The molecule has 0 spiro atoms. The van der Waals surface area contributed by atoms with Crippen molar-refractivity contribution in [3.63, 3.8) is 0 Å². The third-order valence-electron chi connectivity index (χ3n) is 4.80. The van der Waals surface area contributed by atoms with Crippen molar-refractivity contribution in [2.24, 2.45) is 0 Å². The van der Waals surface area contributed by atoms with E-state index in [-0.39, 0.29) is 24.4 Å². The van der Waals surface area contributed by atoms with Crippen molar-refractivity contribution in [1.29, 1.82) is 0 Å². The number of carbonyl (C=O) groups excluding carboxylic acids is 1. The van der Waals surface area contributed by atoms with Gasteiger partial charge in [-0.1, -0.05) is 29.8 Å². The number of amides is 1. The van der Waals surface area contributed by atoms with Crippen LogP contribution >= 0.6 is 24.0 Å². The van der Waals surface area contributed by atoms with Crippen molar-refractivity contribution in [2.75, 3.05) is 39.9 Å². The Morgan fingerprint density at radius 1 is 1.38 bits per heavy atom. The largest absolute Gasteiger partial charge is 0.370 e. The van der Waals surface area contributed by atoms with Crippen LogP contribution in [0, 0.1) is 0 Å². The second-order valence-corrected chi connectivity index (χ2v) is 6.49. The highest BCUT2D eigenvalue weighted by Crippen LogP contribution is 2.31. The molecule has 7 heteroatoms. The maximum Gasteiger partial charge on any atom is 0.255 e. The molecule has 1 aromatic rings. The van der Waals surface area contributed by atoms with Crippen molar-refractivity contribution >= 4 is 29.9 Å². The van der Waals surface area contributed by atoms with Gasteiger partial charge < -0.3 is 19.7 Å². The highest BCUT2D eigenvalue weighted by molar-refractivity contribution is 6.31. The number of carbonyl (C=O) groups is 1. The number of methoxy groups -OCH3 is 1. The van der Waals surface area contributed by atoms with Gasteiger partial charge in [-0.15, -0.1) is 12.4 Å². The number of benzene rings is 1. The van der Waals surface area contributed by atoms with E-state index in [1.165, 1.54) is 0 Å². The summed E-state index contributed by atoms with van der Waals surface area (Å²) in [4.78, 5) is 14.9. The molecule has 134 valence electrons.